The van der Waals surface area contributed by atoms with Crippen LogP contribution in [0.1, 0.15) is 44.9 Å². The van der Waals surface area contributed by atoms with E-state index in [9.17, 15) is 14.4 Å². The van der Waals surface area contributed by atoms with E-state index in [4.69, 9.17) is 18.9 Å². The third kappa shape index (κ3) is 6.12. The number of hydrogen-bond donors (Lipinski definition) is 0. The molecule has 3 aromatic rings. The largest absolute Gasteiger partial charge is 0.494 e. The molecule has 9 nitrogen and oxygen atoms in total. The van der Waals surface area contributed by atoms with Gasteiger partial charge in [0, 0.05) is 5.56 Å². The molecule has 204 valence electrons. The van der Waals surface area contributed by atoms with Gasteiger partial charge in [0.05, 0.1) is 35.6 Å². The van der Waals surface area contributed by atoms with Crippen LogP contribution in [0.2, 0.25) is 0 Å². The van der Waals surface area contributed by atoms with Crippen LogP contribution in [0, 0.1) is 0 Å². The van der Waals surface area contributed by atoms with Crippen molar-refractivity contribution in [2.24, 2.45) is 4.99 Å². The Morgan fingerprint density at radius 2 is 1.69 bits per heavy atom. The summed E-state index contributed by atoms with van der Waals surface area (Å²) < 4.78 is 23.5. The van der Waals surface area contributed by atoms with Crippen LogP contribution in [0.25, 0.3) is 6.08 Å². The van der Waals surface area contributed by atoms with Crippen molar-refractivity contribution in [1.29, 1.82) is 0 Å². The maximum atomic E-state index is 13.8. The fraction of sp³-hybridized carbons (Fsp3) is 0.310. The van der Waals surface area contributed by atoms with Crippen molar-refractivity contribution < 1.29 is 28.5 Å². The minimum absolute atomic E-state index is 0.183. The first kappa shape index (κ1) is 27.8. The summed E-state index contributed by atoms with van der Waals surface area (Å²) in [6.07, 6.45) is 1.76. The molecule has 2 heterocycles. The monoisotopic (exact) mass is 550 g/mol. The Hall–Kier alpha value is -4.18. The number of thiazole rings is 1. The molecule has 2 aromatic carbocycles. The summed E-state index contributed by atoms with van der Waals surface area (Å²) in [5, 5.41) is 0. The number of carbonyl (C=O) groups excluding carboxylic acids is 2. The second-order valence-corrected chi connectivity index (χ2v) is 9.44. The zero-order valence-electron chi connectivity index (χ0n) is 22.3. The Balaban J connectivity index is 1.77. The molecule has 1 atom stereocenters. The normalized spacial score (nSPS) is 14.9. The van der Waals surface area contributed by atoms with Crippen molar-refractivity contribution >= 4 is 29.4 Å². The first-order valence-corrected chi connectivity index (χ1v) is 13.5. The molecule has 0 radical (unpaired) electrons. The number of rotatable bonds is 10. The lowest BCUT2D eigenvalue weighted by molar-refractivity contribution is -0.145. The average Bonchev–Trinajstić information content (AvgIpc) is 3.22. The molecule has 0 saturated heterocycles. The highest BCUT2D eigenvalue weighted by Gasteiger charge is 2.35. The van der Waals surface area contributed by atoms with Gasteiger partial charge in [-0.05, 0) is 57.5 Å². The molecule has 0 fully saturated rings. The van der Waals surface area contributed by atoms with E-state index >= 15 is 0 Å². The van der Waals surface area contributed by atoms with Gasteiger partial charge in [0.1, 0.15) is 17.5 Å². The van der Waals surface area contributed by atoms with Crippen LogP contribution in [-0.4, -0.2) is 42.9 Å². The first-order chi connectivity index (χ1) is 18.9. The predicted octanol–water partition coefficient (Wildman–Crippen LogP) is 3.14. The number of carbonyl (C=O) groups is 2. The number of esters is 2. The second kappa shape index (κ2) is 12.6. The molecule has 0 amide bonds. The van der Waals surface area contributed by atoms with Gasteiger partial charge in [-0.25, -0.2) is 14.6 Å². The van der Waals surface area contributed by atoms with Crippen LogP contribution < -0.4 is 24.4 Å². The van der Waals surface area contributed by atoms with Crippen LogP contribution in [0.5, 0.6) is 11.5 Å². The quantitative estimate of drug-likeness (QED) is 0.357. The van der Waals surface area contributed by atoms with E-state index in [0.29, 0.717) is 44.3 Å². The number of fused-ring (bicyclic) bond motifs is 1. The van der Waals surface area contributed by atoms with Crippen LogP contribution >= 0.6 is 11.3 Å². The molecule has 0 spiro atoms. The van der Waals surface area contributed by atoms with E-state index < -0.39 is 18.0 Å². The van der Waals surface area contributed by atoms with Crippen LogP contribution in [0.3, 0.4) is 0 Å². The zero-order valence-corrected chi connectivity index (χ0v) is 23.1. The van der Waals surface area contributed by atoms with Gasteiger partial charge in [-0.15, -0.1) is 0 Å². The maximum Gasteiger partial charge on any atom is 0.344 e. The fourth-order valence-corrected chi connectivity index (χ4v) is 5.28. The van der Waals surface area contributed by atoms with Crippen molar-refractivity contribution in [2.75, 3.05) is 26.4 Å². The molecule has 10 heteroatoms. The molecule has 0 bridgehead atoms. The summed E-state index contributed by atoms with van der Waals surface area (Å²) in [5.41, 5.74) is 1.93. The van der Waals surface area contributed by atoms with Crippen molar-refractivity contribution in [2.45, 2.75) is 33.7 Å². The lowest BCUT2D eigenvalue weighted by Gasteiger charge is -2.26. The summed E-state index contributed by atoms with van der Waals surface area (Å²) in [6, 6.07) is 13.6. The average molecular weight is 551 g/mol. The molecule has 1 aromatic heterocycles. The molecule has 0 N–H and O–H groups in total. The summed E-state index contributed by atoms with van der Waals surface area (Å²) in [5.74, 6) is 0.113. The summed E-state index contributed by atoms with van der Waals surface area (Å²) in [7, 11) is 0. The van der Waals surface area contributed by atoms with Gasteiger partial charge >= 0.3 is 11.9 Å². The lowest BCUT2D eigenvalue weighted by atomic mass is 9.95. The summed E-state index contributed by atoms with van der Waals surface area (Å²) in [6.45, 7) is 7.82. The molecule has 1 aliphatic rings. The molecular formula is C29H30N2O7S. The predicted molar refractivity (Wildman–Crippen MR) is 147 cm³/mol. The Morgan fingerprint density at radius 1 is 0.974 bits per heavy atom. The molecule has 1 unspecified atom stereocenters. The van der Waals surface area contributed by atoms with Gasteiger partial charge in [0.15, 0.2) is 11.4 Å². The second-order valence-electron chi connectivity index (χ2n) is 8.44. The number of benzene rings is 2. The molecule has 1 aliphatic heterocycles. The van der Waals surface area contributed by atoms with Crippen molar-refractivity contribution in [3.8, 4) is 11.5 Å². The Bertz CT molecular complexity index is 1570. The lowest BCUT2D eigenvalue weighted by Crippen LogP contribution is -2.40. The van der Waals surface area contributed by atoms with E-state index in [1.165, 1.54) is 15.9 Å². The highest BCUT2D eigenvalue weighted by atomic mass is 32.1. The Kier molecular flexibility index (Phi) is 8.98. The molecule has 39 heavy (non-hydrogen) atoms. The van der Waals surface area contributed by atoms with Gasteiger partial charge in [0.2, 0.25) is 0 Å². The van der Waals surface area contributed by atoms with E-state index in [-0.39, 0.29) is 25.4 Å². The van der Waals surface area contributed by atoms with E-state index in [2.05, 4.69) is 4.99 Å². The molecule has 4 rings (SSSR count). The summed E-state index contributed by atoms with van der Waals surface area (Å²) in [4.78, 5) is 43.5. The number of aromatic nitrogens is 1. The van der Waals surface area contributed by atoms with Crippen LogP contribution in [-0.2, 0) is 19.1 Å². The highest BCUT2D eigenvalue weighted by Crippen LogP contribution is 2.35. The zero-order chi connectivity index (χ0) is 27.9. The number of nitrogens with zero attached hydrogens (tertiary/aromatic N) is 2. The Morgan fingerprint density at radius 3 is 2.38 bits per heavy atom. The van der Waals surface area contributed by atoms with Gasteiger partial charge in [-0.1, -0.05) is 41.7 Å². The van der Waals surface area contributed by atoms with Gasteiger partial charge < -0.3 is 18.9 Å². The van der Waals surface area contributed by atoms with Crippen LogP contribution in [0.15, 0.2) is 69.6 Å². The number of hydrogen-bond acceptors (Lipinski definition) is 9. The molecule has 0 aliphatic carbocycles. The number of ether oxygens (including phenoxy) is 4. The third-order valence-electron chi connectivity index (χ3n) is 5.87. The smallest absolute Gasteiger partial charge is 0.344 e. The SMILES string of the molecule is CCOC(=O)COc1ccc(C=c2sc3n(c2=O)C(c2ccccc2OCC)C(C(=O)OCC)=C(C)N=3)cc1. The van der Waals surface area contributed by atoms with Gasteiger partial charge in [0.25, 0.3) is 5.56 Å². The van der Waals surface area contributed by atoms with Crippen molar-refractivity contribution in [1.82, 2.24) is 4.57 Å². The van der Waals surface area contributed by atoms with Crippen molar-refractivity contribution in [3.05, 3.63) is 90.6 Å². The number of para-hydroxylation sites is 1. The minimum atomic E-state index is -0.760. The molecule has 0 saturated carbocycles. The molecular weight excluding hydrogens is 520 g/mol. The van der Waals surface area contributed by atoms with Gasteiger partial charge in [-0.2, -0.15) is 0 Å². The first-order valence-electron chi connectivity index (χ1n) is 12.7. The summed E-state index contributed by atoms with van der Waals surface area (Å²) >= 11 is 1.24. The maximum absolute atomic E-state index is 13.8. The highest BCUT2D eigenvalue weighted by molar-refractivity contribution is 7.07. The third-order valence-corrected chi connectivity index (χ3v) is 6.85. The number of allylic oxidation sites excluding steroid dienone is 1. The minimum Gasteiger partial charge on any atom is -0.494 e. The Labute approximate surface area is 229 Å². The van der Waals surface area contributed by atoms with E-state index in [1.807, 2.05) is 31.2 Å². The van der Waals surface area contributed by atoms with Crippen LogP contribution in [0.4, 0.5) is 0 Å². The van der Waals surface area contributed by atoms with E-state index in [1.54, 1.807) is 51.1 Å². The van der Waals surface area contributed by atoms with Crippen molar-refractivity contribution in [3.63, 3.8) is 0 Å². The fourth-order valence-electron chi connectivity index (χ4n) is 4.24. The van der Waals surface area contributed by atoms with E-state index in [0.717, 1.165) is 5.56 Å². The standard InChI is InChI=1S/C29H30N2O7S/c1-5-35-22-11-9-8-10-21(22)26-25(28(34)37-7-3)18(4)30-29-31(26)27(33)23(39-29)16-19-12-14-20(15-13-19)38-17-24(32)36-6-2/h8-16,26H,5-7,17H2,1-4H3. The van der Waals surface area contributed by atoms with Gasteiger partial charge in [-0.3, -0.25) is 9.36 Å². The topological polar surface area (TPSA) is 105 Å².